The molecule has 74 valence electrons. The van der Waals surface area contributed by atoms with Crippen molar-refractivity contribution in [1.29, 1.82) is 0 Å². The summed E-state index contributed by atoms with van der Waals surface area (Å²) < 4.78 is 0. The summed E-state index contributed by atoms with van der Waals surface area (Å²) in [5.41, 5.74) is 6.61. The summed E-state index contributed by atoms with van der Waals surface area (Å²) in [6, 6.07) is 0. The van der Waals surface area contributed by atoms with E-state index in [9.17, 15) is 4.79 Å². The van der Waals surface area contributed by atoms with E-state index in [0.717, 1.165) is 18.6 Å². The van der Waals surface area contributed by atoms with Crippen LogP contribution < -0.4 is 5.73 Å². The maximum atomic E-state index is 10.5. The Balaban J connectivity index is 2.12. The third-order valence-electron chi connectivity index (χ3n) is 4.48. The zero-order valence-corrected chi connectivity index (χ0v) is 8.55. The van der Waals surface area contributed by atoms with Gasteiger partial charge in [-0.3, -0.25) is 0 Å². The van der Waals surface area contributed by atoms with E-state index in [0.29, 0.717) is 17.8 Å². The van der Waals surface area contributed by atoms with Crippen LogP contribution in [0.4, 0.5) is 0 Å². The summed E-state index contributed by atoms with van der Waals surface area (Å²) >= 11 is 0. The Morgan fingerprint density at radius 3 is 2.62 bits per heavy atom. The van der Waals surface area contributed by atoms with Crippen molar-refractivity contribution >= 4 is 6.29 Å². The Hall–Kier alpha value is -0.370. The molecule has 2 aliphatic carbocycles. The summed E-state index contributed by atoms with van der Waals surface area (Å²) in [7, 11) is 0. The van der Waals surface area contributed by atoms with Crippen LogP contribution in [0, 0.1) is 17.3 Å². The molecule has 2 saturated carbocycles. The largest absolute Gasteiger partial charge is 0.324 e. The summed E-state index contributed by atoms with van der Waals surface area (Å²) in [5.74, 6) is 1.36. The molecule has 0 saturated heterocycles. The lowest BCUT2D eigenvalue weighted by atomic mass is 9.89. The van der Waals surface area contributed by atoms with Gasteiger partial charge in [-0.25, -0.2) is 0 Å². The van der Waals surface area contributed by atoms with Crippen molar-refractivity contribution in [2.45, 2.75) is 45.1 Å². The van der Waals surface area contributed by atoms with Crippen LogP contribution in [0.1, 0.15) is 39.5 Å². The molecular weight excluding hydrogens is 162 g/mol. The first-order valence-electron chi connectivity index (χ1n) is 5.28. The number of carbonyl (C=O) groups is 1. The summed E-state index contributed by atoms with van der Waals surface area (Å²) in [6.07, 6.45) is 5.10. The van der Waals surface area contributed by atoms with E-state index in [2.05, 4.69) is 13.8 Å². The first kappa shape index (κ1) is 9.20. The van der Waals surface area contributed by atoms with E-state index in [1.165, 1.54) is 12.8 Å². The number of fused-ring (bicyclic) bond motifs is 1. The lowest BCUT2D eigenvalue weighted by molar-refractivity contribution is -0.109. The molecule has 2 N–H and O–H groups in total. The van der Waals surface area contributed by atoms with Gasteiger partial charge in [0, 0.05) is 12.0 Å². The molecule has 2 aliphatic rings. The maximum absolute atomic E-state index is 10.5. The van der Waals surface area contributed by atoms with Crippen LogP contribution in [0.25, 0.3) is 0 Å². The zero-order chi connectivity index (χ0) is 9.69. The lowest BCUT2D eigenvalue weighted by Crippen LogP contribution is -2.40. The number of nitrogens with two attached hydrogens (primary N) is 1. The van der Waals surface area contributed by atoms with Crippen molar-refractivity contribution in [3.63, 3.8) is 0 Å². The maximum Gasteiger partial charge on any atom is 0.121 e. The van der Waals surface area contributed by atoms with Crippen LogP contribution >= 0.6 is 0 Å². The molecule has 0 radical (unpaired) electrons. The van der Waals surface area contributed by atoms with Gasteiger partial charge < -0.3 is 10.5 Å². The molecular formula is C11H19NO. The van der Waals surface area contributed by atoms with Crippen LogP contribution in [0.2, 0.25) is 0 Å². The van der Waals surface area contributed by atoms with Gasteiger partial charge in [-0.2, -0.15) is 0 Å². The van der Waals surface area contributed by atoms with Gasteiger partial charge in [-0.15, -0.1) is 0 Å². The quantitative estimate of drug-likeness (QED) is 0.674. The van der Waals surface area contributed by atoms with E-state index in [1.807, 2.05) is 0 Å². The molecule has 13 heavy (non-hydrogen) atoms. The van der Waals surface area contributed by atoms with Crippen LogP contribution in [0.5, 0.6) is 0 Å². The van der Waals surface area contributed by atoms with E-state index in [1.54, 1.807) is 0 Å². The van der Waals surface area contributed by atoms with Crippen LogP contribution in [0.15, 0.2) is 0 Å². The molecule has 0 aromatic carbocycles. The van der Waals surface area contributed by atoms with Gasteiger partial charge in [0.25, 0.3) is 0 Å². The van der Waals surface area contributed by atoms with Crippen LogP contribution in [-0.2, 0) is 4.79 Å². The highest BCUT2D eigenvalue weighted by atomic mass is 16.1. The third kappa shape index (κ3) is 1.08. The molecule has 0 bridgehead atoms. The monoisotopic (exact) mass is 181 g/mol. The van der Waals surface area contributed by atoms with Crippen molar-refractivity contribution in [3.8, 4) is 0 Å². The fourth-order valence-corrected chi connectivity index (χ4v) is 3.34. The number of hydrogen-bond donors (Lipinski definition) is 1. The van der Waals surface area contributed by atoms with E-state index >= 15 is 0 Å². The Kier molecular flexibility index (Phi) is 1.82. The number of rotatable bonds is 3. The van der Waals surface area contributed by atoms with Gasteiger partial charge in [-0.05, 0) is 36.5 Å². The minimum absolute atomic E-state index is 0.147. The smallest absolute Gasteiger partial charge is 0.121 e. The molecule has 2 fully saturated rings. The molecule has 0 spiro atoms. The predicted molar refractivity (Wildman–Crippen MR) is 52.2 cm³/mol. The fraction of sp³-hybridized carbons (Fsp3) is 0.909. The summed E-state index contributed by atoms with van der Waals surface area (Å²) in [5, 5.41) is 0. The number of hydrogen-bond acceptors (Lipinski definition) is 2. The second kappa shape index (κ2) is 2.57. The predicted octanol–water partition coefficient (Wildman–Crippen LogP) is 1.73. The van der Waals surface area contributed by atoms with Gasteiger partial charge in [0.2, 0.25) is 0 Å². The molecule has 0 aromatic heterocycles. The Morgan fingerprint density at radius 1 is 1.54 bits per heavy atom. The SMILES string of the molecule is CC(C)C12CCC(N)(CC=O)C1C2. The average molecular weight is 181 g/mol. The minimum atomic E-state index is -0.147. The highest BCUT2D eigenvalue weighted by Gasteiger charge is 2.67. The normalized spacial score (nSPS) is 47.8. The van der Waals surface area contributed by atoms with Crippen molar-refractivity contribution in [1.82, 2.24) is 0 Å². The molecule has 0 aliphatic heterocycles. The highest BCUT2D eigenvalue weighted by molar-refractivity contribution is 5.53. The zero-order valence-electron chi connectivity index (χ0n) is 8.55. The van der Waals surface area contributed by atoms with Crippen LogP contribution in [0.3, 0.4) is 0 Å². The van der Waals surface area contributed by atoms with Crippen molar-refractivity contribution in [2.75, 3.05) is 0 Å². The molecule has 0 amide bonds. The second-order valence-corrected chi connectivity index (χ2v) is 5.25. The van der Waals surface area contributed by atoms with Gasteiger partial charge in [0.15, 0.2) is 0 Å². The topological polar surface area (TPSA) is 43.1 Å². The summed E-state index contributed by atoms with van der Waals surface area (Å²) in [6.45, 7) is 4.57. The van der Waals surface area contributed by atoms with Gasteiger partial charge >= 0.3 is 0 Å². The van der Waals surface area contributed by atoms with Crippen molar-refractivity contribution in [3.05, 3.63) is 0 Å². The number of aldehydes is 1. The Morgan fingerprint density at radius 2 is 2.23 bits per heavy atom. The van der Waals surface area contributed by atoms with Crippen molar-refractivity contribution in [2.24, 2.45) is 23.0 Å². The fourth-order valence-electron chi connectivity index (χ4n) is 3.34. The Labute approximate surface area is 79.9 Å². The van der Waals surface area contributed by atoms with E-state index in [-0.39, 0.29) is 5.54 Å². The highest BCUT2D eigenvalue weighted by Crippen LogP contribution is 2.70. The van der Waals surface area contributed by atoms with Crippen LogP contribution in [-0.4, -0.2) is 11.8 Å². The molecule has 2 rings (SSSR count). The second-order valence-electron chi connectivity index (χ2n) is 5.25. The first-order valence-corrected chi connectivity index (χ1v) is 5.28. The summed E-state index contributed by atoms with van der Waals surface area (Å²) in [4.78, 5) is 10.5. The molecule has 0 aromatic rings. The third-order valence-corrected chi connectivity index (χ3v) is 4.48. The molecule has 2 nitrogen and oxygen atoms in total. The lowest BCUT2D eigenvalue weighted by Gasteiger charge is -2.22. The van der Waals surface area contributed by atoms with Gasteiger partial charge in [0.05, 0.1) is 0 Å². The van der Waals surface area contributed by atoms with Gasteiger partial charge in [0.1, 0.15) is 6.29 Å². The molecule has 0 heterocycles. The first-order chi connectivity index (χ1) is 6.05. The molecule has 2 heteroatoms. The Bertz CT molecular complexity index is 238. The number of carbonyl (C=O) groups excluding carboxylic acids is 1. The van der Waals surface area contributed by atoms with Gasteiger partial charge in [-0.1, -0.05) is 13.8 Å². The van der Waals surface area contributed by atoms with Crippen molar-refractivity contribution < 1.29 is 4.79 Å². The molecule has 3 unspecified atom stereocenters. The van der Waals surface area contributed by atoms with E-state index in [4.69, 9.17) is 5.73 Å². The average Bonchev–Trinajstić information content (AvgIpc) is 2.72. The van der Waals surface area contributed by atoms with E-state index < -0.39 is 0 Å². The minimum Gasteiger partial charge on any atom is -0.324 e. The molecule has 3 atom stereocenters. The standard InChI is InChI=1S/C11H19NO/c1-8(2)10-3-4-11(12,5-6-13)9(10)7-10/h6,8-9H,3-5,7,12H2,1-2H3.